The van der Waals surface area contributed by atoms with E-state index in [-0.39, 0.29) is 33.6 Å². The van der Waals surface area contributed by atoms with E-state index >= 15 is 0 Å². The van der Waals surface area contributed by atoms with E-state index in [4.69, 9.17) is 0 Å². The summed E-state index contributed by atoms with van der Waals surface area (Å²) in [5, 5.41) is 0. The van der Waals surface area contributed by atoms with Crippen LogP contribution >= 0.6 is 0 Å². The number of nitrogens with zero attached hydrogens (tertiary/aromatic N) is 3. The van der Waals surface area contributed by atoms with Crippen LogP contribution in [0.5, 0.6) is 0 Å². The van der Waals surface area contributed by atoms with Gasteiger partial charge < -0.3 is 4.98 Å². The molecule has 0 aliphatic rings. The Hall–Kier alpha value is -1.11. The molecule has 0 aliphatic carbocycles. The summed E-state index contributed by atoms with van der Waals surface area (Å²) < 4.78 is 2.37. The number of imidazole rings is 1. The Morgan fingerprint density at radius 2 is 1.93 bits per heavy atom. The Balaban J connectivity index is 0.000000980. The van der Waals surface area contributed by atoms with Crippen LogP contribution in [0.15, 0.2) is 15.9 Å². The minimum absolute atomic E-state index is 0. The van der Waals surface area contributed by atoms with Crippen molar-refractivity contribution in [2.45, 2.75) is 0 Å². The zero-order valence-corrected chi connectivity index (χ0v) is 9.70. The van der Waals surface area contributed by atoms with Gasteiger partial charge in [-0.1, -0.05) is 0 Å². The molecule has 0 bridgehead atoms. The minimum atomic E-state index is -0.371. The van der Waals surface area contributed by atoms with Gasteiger partial charge in [-0.15, -0.1) is 0 Å². The van der Waals surface area contributed by atoms with Gasteiger partial charge in [-0.2, -0.15) is 0 Å². The number of hydrogen-bond donors (Lipinski definition) is 1. The van der Waals surface area contributed by atoms with E-state index < -0.39 is 0 Å². The Bertz CT molecular complexity index is 579. The van der Waals surface area contributed by atoms with E-state index in [0.29, 0.717) is 11.2 Å². The van der Waals surface area contributed by atoms with Gasteiger partial charge in [0.15, 0.2) is 5.65 Å². The van der Waals surface area contributed by atoms with Crippen LogP contribution in [0.2, 0.25) is 0 Å². The minimum Gasteiger partial charge on any atom is -0.339 e. The van der Waals surface area contributed by atoms with Gasteiger partial charge in [-0.25, -0.2) is 9.78 Å². The molecule has 2 heterocycles. The summed E-state index contributed by atoms with van der Waals surface area (Å²) in [6, 6.07) is 0. The topological polar surface area (TPSA) is 72.7 Å². The zero-order valence-electron chi connectivity index (χ0n) is 7.54. The number of rotatable bonds is 0. The molecular weight excluding hydrogens is 369 g/mol. The first-order valence-corrected chi connectivity index (χ1v) is 3.72. The maximum Gasteiger partial charge on any atom is 0.332 e. The van der Waals surface area contributed by atoms with Gasteiger partial charge in [0.1, 0.15) is 5.52 Å². The maximum atomic E-state index is 11.4. The average Bonchev–Trinajstić information content (AvgIpc) is 2.59. The summed E-state index contributed by atoms with van der Waals surface area (Å²) in [6.07, 6.45) is 1.39. The van der Waals surface area contributed by atoms with E-state index in [2.05, 4.69) is 9.97 Å². The van der Waals surface area contributed by atoms with Gasteiger partial charge in [-0.05, 0) is 0 Å². The molecule has 1 radical (unpaired) electrons. The van der Waals surface area contributed by atoms with Crippen molar-refractivity contribution in [2.24, 2.45) is 14.1 Å². The van der Waals surface area contributed by atoms with E-state index in [0.717, 1.165) is 4.57 Å². The molecule has 0 saturated heterocycles. The molecule has 7 heteroatoms. The SMILES string of the molecule is Cn1c(=O)c2[nH]cnc2n(C)c1=O.[Au]. The van der Waals surface area contributed by atoms with E-state index in [1.54, 1.807) is 7.05 Å². The fraction of sp³-hybridized carbons (Fsp3) is 0.286. The molecule has 14 heavy (non-hydrogen) atoms. The van der Waals surface area contributed by atoms with Crippen molar-refractivity contribution >= 4 is 11.2 Å². The van der Waals surface area contributed by atoms with Gasteiger partial charge in [0.05, 0.1) is 6.33 Å². The number of aryl methyl sites for hydroxylation is 1. The van der Waals surface area contributed by atoms with Crippen molar-refractivity contribution < 1.29 is 22.4 Å². The second-order valence-corrected chi connectivity index (χ2v) is 2.81. The molecule has 2 rings (SSSR count). The third-order valence-electron chi connectivity index (χ3n) is 2.03. The third kappa shape index (κ3) is 1.28. The third-order valence-corrected chi connectivity index (χ3v) is 2.03. The zero-order chi connectivity index (χ0) is 9.59. The molecule has 0 amide bonds. The van der Waals surface area contributed by atoms with E-state index in [1.807, 2.05) is 0 Å². The van der Waals surface area contributed by atoms with E-state index in [9.17, 15) is 9.59 Å². The summed E-state index contributed by atoms with van der Waals surface area (Å²) in [6.45, 7) is 0. The number of aromatic amines is 1. The van der Waals surface area contributed by atoms with Gasteiger partial charge in [0.25, 0.3) is 5.56 Å². The van der Waals surface area contributed by atoms with Gasteiger partial charge in [0, 0.05) is 36.5 Å². The van der Waals surface area contributed by atoms with Crippen molar-refractivity contribution in [2.75, 3.05) is 0 Å². The van der Waals surface area contributed by atoms with Gasteiger partial charge in [-0.3, -0.25) is 13.9 Å². The van der Waals surface area contributed by atoms with E-state index in [1.165, 1.54) is 17.9 Å². The molecule has 0 atom stereocenters. The van der Waals surface area contributed by atoms with Gasteiger partial charge >= 0.3 is 5.69 Å². The van der Waals surface area contributed by atoms with Crippen molar-refractivity contribution in [3.63, 3.8) is 0 Å². The van der Waals surface area contributed by atoms with Crippen LogP contribution in [0.3, 0.4) is 0 Å². The van der Waals surface area contributed by atoms with Crippen LogP contribution in [-0.2, 0) is 36.5 Å². The van der Waals surface area contributed by atoms with Crippen LogP contribution in [0, 0.1) is 0 Å². The molecule has 6 nitrogen and oxygen atoms in total. The summed E-state index contributed by atoms with van der Waals surface area (Å²) in [5.74, 6) is 0. The number of nitrogens with one attached hydrogen (secondary N) is 1. The molecule has 0 aliphatic heterocycles. The Morgan fingerprint density at radius 3 is 2.57 bits per heavy atom. The first kappa shape index (κ1) is 11.0. The fourth-order valence-electron chi connectivity index (χ4n) is 1.27. The average molecular weight is 377 g/mol. The molecule has 0 spiro atoms. The summed E-state index contributed by atoms with van der Waals surface area (Å²) in [4.78, 5) is 29.4. The molecule has 0 saturated carbocycles. The van der Waals surface area contributed by atoms with Crippen molar-refractivity contribution in [3.8, 4) is 0 Å². The Labute approximate surface area is 94.1 Å². The largest absolute Gasteiger partial charge is 0.339 e. The van der Waals surface area contributed by atoms with Gasteiger partial charge in [0.2, 0.25) is 0 Å². The number of hydrogen-bond acceptors (Lipinski definition) is 3. The number of aromatic nitrogens is 4. The molecule has 0 aromatic carbocycles. The summed E-state index contributed by atoms with van der Waals surface area (Å²) >= 11 is 0. The monoisotopic (exact) mass is 377 g/mol. The normalized spacial score (nSPS) is 10.1. The first-order chi connectivity index (χ1) is 6.13. The molecule has 2 aromatic rings. The molecule has 79 valence electrons. The molecular formula is C7H8AuN4O2. The number of H-pyrrole nitrogens is 1. The standard InChI is InChI=1S/C7H8N4O2.Au/c1-10-5-4(8-3-9-5)6(12)11(2)7(10)13;/h3H,1-2H3,(H,8,9);. The smallest absolute Gasteiger partial charge is 0.332 e. The second kappa shape index (κ2) is 3.56. The fourth-order valence-corrected chi connectivity index (χ4v) is 1.27. The summed E-state index contributed by atoms with van der Waals surface area (Å²) in [5.41, 5.74) is 0.0119. The molecule has 0 unspecified atom stereocenters. The predicted molar refractivity (Wildman–Crippen MR) is 46.6 cm³/mol. The van der Waals surface area contributed by atoms with Crippen molar-refractivity contribution in [3.05, 3.63) is 27.2 Å². The maximum absolute atomic E-state index is 11.4. The molecule has 2 aromatic heterocycles. The molecule has 0 fully saturated rings. The second-order valence-electron chi connectivity index (χ2n) is 2.81. The van der Waals surface area contributed by atoms with Crippen LogP contribution in [0.4, 0.5) is 0 Å². The molecule has 1 N–H and O–H groups in total. The summed E-state index contributed by atoms with van der Waals surface area (Å²) in [7, 11) is 3.01. The predicted octanol–water partition coefficient (Wildman–Crippen LogP) is -1.04. The van der Waals surface area contributed by atoms with Crippen LogP contribution in [0.25, 0.3) is 11.2 Å². The van der Waals surface area contributed by atoms with Crippen LogP contribution in [0.1, 0.15) is 0 Å². The van der Waals surface area contributed by atoms with Crippen molar-refractivity contribution in [1.82, 2.24) is 19.1 Å². The first-order valence-electron chi connectivity index (χ1n) is 3.72. The van der Waals surface area contributed by atoms with Crippen LogP contribution < -0.4 is 11.2 Å². The number of fused-ring (bicyclic) bond motifs is 1. The van der Waals surface area contributed by atoms with Crippen molar-refractivity contribution in [1.29, 1.82) is 0 Å². The Morgan fingerprint density at radius 1 is 1.29 bits per heavy atom. The quantitative estimate of drug-likeness (QED) is 0.597. The van der Waals surface area contributed by atoms with Crippen LogP contribution in [-0.4, -0.2) is 19.1 Å². The Kier molecular flexibility index (Phi) is 2.79.